The van der Waals surface area contributed by atoms with Crippen molar-refractivity contribution in [2.45, 2.75) is 146 Å². The van der Waals surface area contributed by atoms with Gasteiger partial charge >= 0.3 is 51.4 Å². The third-order valence-electron chi connectivity index (χ3n) is 8.75. The molecule has 0 aliphatic rings. The molecule has 1 atom stereocenters. The first-order valence-corrected chi connectivity index (χ1v) is 21.1. The Balaban J connectivity index is 0.0000130. The van der Waals surface area contributed by atoms with E-state index in [4.69, 9.17) is 4.74 Å². The van der Waals surface area contributed by atoms with Crippen molar-refractivity contribution >= 4 is 88.9 Å². The predicted octanol–water partition coefficient (Wildman–Crippen LogP) is 8.17. The number of hydrogen-bond donors (Lipinski definition) is 2. The molecule has 2 aromatic rings. The van der Waals surface area contributed by atoms with Crippen molar-refractivity contribution < 1.29 is 35.7 Å². The molecule has 51 heavy (non-hydrogen) atoms. The number of Topliss-reactive ketones (excluding diaryl/α,β-unsaturated/α-hetero) is 1. The summed E-state index contributed by atoms with van der Waals surface area (Å²) in [6.45, 7) is 7.59. The SMILES string of the molecule is CCCCCCCCCCCCCCCCCCN(C)S(=O)(=O)c1ccc(OC(C(=O)Nc2ccc(S(=O)(=O)O)cc2)C(=O)C(C)(C)C)cc1.[KH]. The van der Waals surface area contributed by atoms with Crippen LogP contribution in [0.4, 0.5) is 5.69 Å². The molecule has 1 amide bonds. The fourth-order valence-electron chi connectivity index (χ4n) is 5.55. The van der Waals surface area contributed by atoms with Gasteiger partial charge in [0.15, 0.2) is 5.78 Å². The predicted molar refractivity (Wildman–Crippen MR) is 207 cm³/mol. The Morgan fingerprint density at radius 1 is 0.706 bits per heavy atom. The number of carbonyl (C=O) groups excluding carboxylic acids is 2. The zero-order valence-corrected chi connectivity index (χ0v) is 32.4. The number of amides is 1. The molecule has 0 saturated heterocycles. The molecule has 284 valence electrons. The molecular weight excluding hydrogens is 716 g/mol. The summed E-state index contributed by atoms with van der Waals surface area (Å²) >= 11 is 0. The van der Waals surface area contributed by atoms with E-state index in [9.17, 15) is 31.0 Å². The van der Waals surface area contributed by atoms with E-state index in [1.165, 1.54) is 124 Å². The van der Waals surface area contributed by atoms with Crippen LogP contribution in [0.1, 0.15) is 130 Å². The van der Waals surface area contributed by atoms with Crippen LogP contribution in [0.5, 0.6) is 5.75 Å². The fraction of sp³-hybridized carbons (Fsp3) is 0.632. The molecule has 10 nitrogen and oxygen atoms in total. The van der Waals surface area contributed by atoms with Gasteiger partial charge in [-0.1, -0.05) is 124 Å². The number of rotatable bonds is 25. The maximum atomic E-state index is 13.2. The van der Waals surface area contributed by atoms with E-state index in [1.807, 2.05) is 0 Å². The van der Waals surface area contributed by atoms with Gasteiger partial charge in [0.2, 0.25) is 16.1 Å². The van der Waals surface area contributed by atoms with E-state index in [0.717, 1.165) is 31.4 Å². The van der Waals surface area contributed by atoms with Crippen LogP contribution in [0.15, 0.2) is 58.3 Å². The second kappa shape index (κ2) is 24.3. The molecular formula is C38H61KN2O8S2. The van der Waals surface area contributed by atoms with E-state index in [0.29, 0.717) is 6.54 Å². The van der Waals surface area contributed by atoms with Crippen molar-refractivity contribution in [1.82, 2.24) is 4.31 Å². The quantitative estimate of drug-likeness (QED) is 0.0445. The molecule has 0 bridgehead atoms. The van der Waals surface area contributed by atoms with E-state index < -0.39 is 43.4 Å². The molecule has 0 heterocycles. The number of hydrogen-bond acceptors (Lipinski definition) is 7. The van der Waals surface area contributed by atoms with Crippen LogP contribution in [0.3, 0.4) is 0 Å². The maximum absolute atomic E-state index is 13.2. The molecule has 0 aliphatic carbocycles. The van der Waals surface area contributed by atoms with Crippen LogP contribution < -0.4 is 10.1 Å². The number of ketones is 1. The van der Waals surface area contributed by atoms with Gasteiger partial charge in [-0.2, -0.15) is 8.42 Å². The first kappa shape index (κ1) is 47.9. The number of benzene rings is 2. The summed E-state index contributed by atoms with van der Waals surface area (Å²) in [5, 5.41) is 2.54. The molecule has 2 aromatic carbocycles. The van der Waals surface area contributed by atoms with Gasteiger partial charge in [0.1, 0.15) is 5.75 Å². The number of ether oxygens (including phenoxy) is 1. The Kier molecular flexibility index (Phi) is 22.8. The molecule has 13 heteroatoms. The molecule has 0 aromatic heterocycles. The van der Waals surface area contributed by atoms with Crippen LogP contribution >= 0.6 is 0 Å². The average molecular weight is 777 g/mol. The number of nitrogens with zero attached hydrogens (tertiary/aromatic N) is 1. The van der Waals surface area contributed by atoms with E-state index in [1.54, 1.807) is 27.8 Å². The summed E-state index contributed by atoms with van der Waals surface area (Å²) in [6.07, 6.45) is 18.5. The fourth-order valence-corrected chi connectivity index (χ4v) is 7.24. The summed E-state index contributed by atoms with van der Waals surface area (Å²) in [7, 11) is -6.59. The third kappa shape index (κ3) is 18.1. The van der Waals surface area contributed by atoms with E-state index in [2.05, 4.69) is 12.2 Å². The van der Waals surface area contributed by atoms with Crippen molar-refractivity contribution in [3.63, 3.8) is 0 Å². The van der Waals surface area contributed by atoms with Crippen LogP contribution in [0.2, 0.25) is 0 Å². The van der Waals surface area contributed by atoms with Gasteiger partial charge in [-0.3, -0.25) is 14.1 Å². The average Bonchev–Trinajstić information content (AvgIpc) is 3.06. The molecule has 0 saturated carbocycles. The standard InChI is InChI=1S/C38H60N2O8S2.K.H/c1-6-7-8-9-10-11-12-13-14-15-16-17-18-19-20-21-30-40(5)49(43,44)33-28-24-32(25-29-33)48-35(36(41)38(2,3)4)37(42)39-31-22-26-34(27-23-31)50(45,46)47;;/h22-29,35H,6-21,30H2,1-5H3,(H,39,42)(H,45,46,47);;. The van der Waals surface area contributed by atoms with E-state index >= 15 is 0 Å². The molecule has 0 fully saturated rings. The van der Waals surface area contributed by atoms with Gasteiger partial charge in [-0.05, 0) is 55.0 Å². The van der Waals surface area contributed by atoms with Crippen molar-refractivity contribution in [1.29, 1.82) is 0 Å². The first-order chi connectivity index (χ1) is 23.6. The second-order valence-corrected chi connectivity index (χ2v) is 17.7. The normalized spacial score (nSPS) is 12.7. The van der Waals surface area contributed by atoms with Crippen LogP contribution in [0, 0.1) is 5.41 Å². The minimum atomic E-state index is -4.41. The van der Waals surface area contributed by atoms with E-state index in [-0.39, 0.29) is 72.6 Å². The Labute approximate surface area is 350 Å². The van der Waals surface area contributed by atoms with Gasteiger partial charge in [0.25, 0.3) is 16.0 Å². The topological polar surface area (TPSA) is 147 Å². The third-order valence-corrected chi connectivity index (χ3v) is 11.5. The molecule has 0 radical (unpaired) electrons. The Hall–Kier alpha value is -1.16. The molecule has 1 unspecified atom stereocenters. The Morgan fingerprint density at radius 2 is 1.12 bits per heavy atom. The summed E-state index contributed by atoms with van der Waals surface area (Å²) in [4.78, 5) is 26.1. The zero-order chi connectivity index (χ0) is 37.2. The van der Waals surface area contributed by atoms with Gasteiger partial charge in [-0.25, -0.2) is 12.7 Å². The van der Waals surface area contributed by atoms with Crippen molar-refractivity contribution in [3.8, 4) is 5.75 Å². The summed E-state index contributed by atoms with van der Waals surface area (Å²) < 4.78 is 65.4. The van der Waals surface area contributed by atoms with Crippen LogP contribution in [-0.2, 0) is 29.7 Å². The number of carbonyl (C=O) groups is 2. The molecule has 2 N–H and O–H groups in total. The number of sulfonamides is 1. The monoisotopic (exact) mass is 776 g/mol. The van der Waals surface area contributed by atoms with Gasteiger partial charge in [0, 0.05) is 24.7 Å². The van der Waals surface area contributed by atoms with Crippen LogP contribution in [-0.4, -0.2) is 108 Å². The molecule has 0 aliphatic heterocycles. The summed E-state index contributed by atoms with van der Waals surface area (Å²) in [5.41, 5.74) is -0.762. The number of unbranched alkanes of at least 4 members (excludes halogenated alkanes) is 15. The van der Waals surface area contributed by atoms with Crippen molar-refractivity contribution in [2.24, 2.45) is 5.41 Å². The Morgan fingerprint density at radius 3 is 1.53 bits per heavy atom. The number of anilines is 1. The van der Waals surface area contributed by atoms with Gasteiger partial charge < -0.3 is 10.1 Å². The zero-order valence-electron chi connectivity index (χ0n) is 30.8. The van der Waals surface area contributed by atoms with Crippen molar-refractivity contribution in [2.75, 3.05) is 18.9 Å². The van der Waals surface area contributed by atoms with Gasteiger partial charge in [-0.15, -0.1) is 0 Å². The minimum absolute atomic E-state index is 0. The number of nitrogens with one attached hydrogen (secondary N) is 1. The molecule has 2 rings (SSSR count). The van der Waals surface area contributed by atoms with Gasteiger partial charge in [0.05, 0.1) is 9.79 Å². The first-order valence-electron chi connectivity index (χ1n) is 18.2. The Bertz CT molecular complexity index is 1520. The summed E-state index contributed by atoms with van der Waals surface area (Å²) in [6, 6.07) is 10.4. The molecule has 0 spiro atoms. The van der Waals surface area contributed by atoms with Crippen LogP contribution in [0.25, 0.3) is 0 Å². The summed E-state index contributed by atoms with van der Waals surface area (Å²) in [5.74, 6) is -1.18. The van der Waals surface area contributed by atoms with Crippen molar-refractivity contribution in [3.05, 3.63) is 48.5 Å². The second-order valence-electron chi connectivity index (χ2n) is 14.2.